The zero-order valence-corrected chi connectivity index (χ0v) is 9.69. The Kier molecular flexibility index (Phi) is 3.44. The van der Waals surface area contributed by atoms with Crippen LogP contribution < -0.4 is 11.1 Å². The molecule has 2 rings (SSSR count). The summed E-state index contributed by atoms with van der Waals surface area (Å²) in [7, 11) is 1.90. The van der Waals surface area contributed by atoms with E-state index >= 15 is 0 Å². The molecule has 1 aromatic heterocycles. The molecule has 0 atom stereocenters. The van der Waals surface area contributed by atoms with Crippen LogP contribution in [0.1, 0.15) is 31.4 Å². The second kappa shape index (κ2) is 5.01. The monoisotopic (exact) mass is 221 g/mol. The number of hydrogen-bond donors (Lipinski definition) is 2. The first kappa shape index (κ1) is 11.0. The molecule has 5 nitrogen and oxygen atoms in total. The lowest BCUT2D eigenvalue weighted by Gasteiger charge is -2.11. The number of nitrogens with one attached hydrogen (secondary N) is 1. The molecule has 0 aromatic carbocycles. The summed E-state index contributed by atoms with van der Waals surface area (Å²) < 4.78 is 1.77. The van der Waals surface area contributed by atoms with Crippen molar-refractivity contribution >= 4 is 5.96 Å². The highest BCUT2D eigenvalue weighted by atomic mass is 15.3. The molecule has 0 unspecified atom stereocenters. The zero-order chi connectivity index (χ0) is 11.4. The van der Waals surface area contributed by atoms with E-state index in [1.807, 2.05) is 19.3 Å². The van der Waals surface area contributed by atoms with E-state index in [9.17, 15) is 0 Å². The lowest BCUT2D eigenvalue weighted by Crippen LogP contribution is -2.38. The van der Waals surface area contributed by atoms with Crippen molar-refractivity contribution in [2.24, 2.45) is 17.8 Å². The van der Waals surface area contributed by atoms with Gasteiger partial charge in [0.05, 0.1) is 12.2 Å². The molecular formula is C11H19N5. The third-order valence-corrected chi connectivity index (χ3v) is 2.89. The summed E-state index contributed by atoms with van der Waals surface area (Å²) in [6.45, 7) is 0.548. The molecule has 1 aliphatic rings. The Morgan fingerprint density at radius 3 is 3.00 bits per heavy atom. The van der Waals surface area contributed by atoms with Gasteiger partial charge < -0.3 is 11.1 Å². The maximum atomic E-state index is 5.81. The Hall–Kier alpha value is -1.52. The Morgan fingerprint density at radius 1 is 1.62 bits per heavy atom. The molecule has 1 aromatic rings. The van der Waals surface area contributed by atoms with Gasteiger partial charge in [-0.3, -0.25) is 4.68 Å². The first-order chi connectivity index (χ1) is 7.74. The van der Waals surface area contributed by atoms with Gasteiger partial charge >= 0.3 is 0 Å². The minimum absolute atomic E-state index is 0.521. The molecule has 1 fully saturated rings. The lowest BCUT2D eigenvalue weighted by molar-refractivity contribution is 0.624. The maximum Gasteiger partial charge on any atom is 0.189 e. The van der Waals surface area contributed by atoms with Crippen molar-refractivity contribution in [1.82, 2.24) is 15.1 Å². The molecule has 88 valence electrons. The van der Waals surface area contributed by atoms with Crippen molar-refractivity contribution in [3.8, 4) is 0 Å². The van der Waals surface area contributed by atoms with E-state index in [4.69, 9.17) is 5.73 Å². The number of guanidine groups is 1. The highest BCUT2D eigenvalue weighted by molar-refractivity contribution is 5.78. The minimum atomic E-state index is 0.521. The number of aliphatic imine (C=N–C) groups is 1. The summed E-state index contributed by atoms with van der Waals surface area (Å²) in [4.78, 5) is 4.28. The molecule has 0 saturated heterocycles. The predicted octanol–water partition coefficient (Wildman–Crippen LogP) is 0.767. The molecule has 0 radical (unpaired) electrons. The molecule has 1 saturated carbocycles. The fourth-order valence-corrected chi connectivity index (χ4v) is 2.04. The standard InChI is InChI=1S/C11H19N5/c1-16-7-6-10(15-16)8-13-11(12)14-9-4-2-3-5-9/h6-7,9H,2-5,8H2,1H3,(H3,12,13,14). The van der Waals surface area contributed by atoms with Gasteiger partial charge in [0.15, 0.2) is 5.96 Å². The molecule has 1 aliphatic carbocycles. The number of aromatic nitrogens is 2. The van der Waals surface area contributed by atoms with Gasteiger partial charge in [0.1, 0.15) is 0 Å². The van der Waals surface area contributed by atoms with E-state index in [2.05, 4.69) is 15.4 Å². The number of hydrogen-bond acceptors (Lipinski definition) is 2. The van der Waals surface area contributed by atoms with E-state index in [1.54, 1.807) is 4.68 Å². The molecular weight excluding hydrogens is 202 g/mol. The zero-order valence-electron chi connectivity index (χ0n) is 9.69. The normalized spacial score (nSPS) is 17.9. The Balaban J connectivity index is 1.81. The van der Waals surface area contributed by atoms with Crippen molar-refractivity contribution in [2.45, 2.75) is 38.3 Å². The van der Waals surface area contributed by atoms with Crippen LogP contribution in [0.4, 0.5) is 0 Å². The molecule has 16 heavy (non-hydrogen) atoms. The van der Waals surface area contributed by atoms with Crippen molar-refractivity contribution in [3.05, 3.63) is 18.0 Å². The van der Waals surface area contributed by atoms with Crippen molar-refractivity contribution < 1.29 is 0 Å². The predicted molar refractivity (Wildman–Crippen MR) is 63.9 cm³/mol. The van der Waals surface area contributed by atoms with Crippen molar-refractivity contribution in [1.29, 1.82) is 0 Å². The Bertz CT molecular complexity index is 362. The molecule has 3 N–H and O–H groups in total. The lowest BCUT2D eigenvalue weighted by atomic mass is 10.2. The van der Waals surface area contributed by atoms with Crippen LogP contribution in [0.15, 0.2) is 17.3 Å². The third kappa shape index (κ3) is 2.98. The summed E-state index contributed by atoms with van der Waals surface area (Å²) in [6.07, 6.45) is 6.92. The maximum absolute atomic E-state index is 5.81. The summed E-state index contributed by atoms with van der Waals surface area (Å²) in [5.74, 6) is 0.539. The van der Waals surface area contributed by atoms with E-state index in [-0.39, 0.29) is 0 Å². The first-order valence-electron chi connectivity index (χ1n) is 5.79. The smallest absolute Gasteiger partial charge is 0.189 e. The number of rotatable bonds is 3. The summed E-state index contributed by atoms with van der Waals surface area (Å²) >= 11 is 0. The Labute approximate surface area is 95.7 Å². The third-order valence-electron chi connectivity index (χ3n) is 2.89. The summed E-state index contributed by atoms with van der Waals surface area (Å²) in [6, 6.07) is 2.47. The molecule has 0 spiro atoms. The van der Waals surface area contributed by atoms with Crippen LogP contribution in [0.25, 0.3) is 0 Å². The van der Waals surface area contributed by atoms with Gasteiger partial charge in [-0.15, -0.1) is 0 Å². The number of nitrogens with two attached hydrogens (primary N) is 1. The van der Waals surface area contributed by atoms with Crippen LogP contribution in [0.5, 0.6) is 0 Å². The van der Waals surface area contributed by atoms with Gasteiger partial charge in [0.25, 0.3) is 0 Å². The topological polar surface area (TPSA) is 68.2 Å². The van der Waals surface area contributed by atoms with Gasteiger partial charge in [-0.2, -0.15) is 5.10 Å². The van der Waals surface area contributed by atoms with Gasteiger partial charge in [-0.25, -0.2) is 4.99 Å². The van der Waals surface area contributed by atoms with Crippen LogP contribution in [-0.2, 0) is 13.6 Å². The summed E-state index contributed by atoms with van der Waals surface area (Å²) in [5, 5.41) is 7.49. The van der Waals surface area contributed by atoms with Crippen LogP contribution in [0.3, 0.4) is 0 Å². The van der Waals surface area contributed by atoms with Crippen molar-refractivity contribution in [3.63, 3.8) is 0 Å². The molecule has 5 heteroatoms. The van der Waals surface area contributed by atoms with Crippen LogP contribution >= 0.6 is 0 Å². The van der Waals surface area contributed by atoms with Crippen LogP contribution in [0.2, 0.25) is 0 Å². The fourth-order valence-electron chi connectivity index (χ4n) is 2.04. The molecule has 0 bridgehead atoms. The van der Waals surface area contributed by atoms with Gasteiger partial charge in [-0.05, 0) is 18.9 Å². The SMILES string of the molecule is Cn1ccc(CN=C(N)NC2CCCC2)n1. The van der Waals surface area contributed by atoms with E-state index in [0.717, 1.165) is 5.69 Å². The molecule has 0 aliphatic heterocycles. The average Bonchev–Trinajstić information content (AvgIpc) is 2.87. The quantitative estimate of drug-likeness (QED) is 0.585. The van der Waals surface area contributed by atoms with Gasteiger partial charge in [-0.1, -0.05) is 12.8 Å². The molecule has 0 amide bonds. The average molecular weight is 221 g/mol. The van der Waals surface area contributed by atoms with E-state index < -0.39 is 0 Å². The summed E-state index contributed by atoms with van der Waals surface area (Å²) in [5.41, 5.74) is 6.76. The van der Waals surface area contributed by atoms with E-state index in [1.165, 1.54) is 25.7 Å². The van der Waals surface area contributed by atoms with E-state index in [0.29, 0.717) is 18.5 Å². The minimum Gasteiger partial charge on any atom is -0.370 e. The number of aryl methyl sites for hydroxylation is 1. The second-order valence-electron chi connectivity index (χ2n) is 4.31. The largest absolute Gasteiger partial charge is 0.370 e. The second-order valence-corrected chi connectivity index (χ2v) is 4.31. The molecule has 1 heterocycles. The fraction of sp³-hybridized carbons (Fsp3) is 0.636. The van der Waals surface area contributed by atoms with Crippen LogP contribution in [0, 0.1) is 0 Å². The highest BCUT2D eigenvalue weighted by Crippen LogP contribution is 2.17. The van der Waals surface area contributed by atoms with Crippen LogP contribution in [-0.4, -0.2) is 21.8 Å². The highest BCUT2D eigenvalue weighted by Gasteiger charge is 2.14. The van der Waals surface area contributed by atoms with Crippen molar-refractivity contribution in [2.75, 3.05) is 0 Å². The first-order valence-corrected chi connectivity index (χ1v) is 5.79. The Morgan fingerprint density at radius 2 is 2.38 bits per heavy atom. The van der Waals surface area contributed by atoms with Gasteiger partial charge in [0, 0.05) is 19.3 Å². The van der Waals surface area contributed by atoms with Gasteiger partial charge in [0.2, 0.25) is 0 Å². The number of nitrogens with zero attached hydrogens (tertiary/aromatic N) is 3.